The van der Waals surface area contributed by atoms with Crippen molar-refractivity contribution in [3.63, 3.8) is 0 Å². The predicted octanol–water partition coefficient (Wildman–Crippen LogP) is 5.02. The van der Waals surface area contributed by atoms with Gasteiger partial charge in [-0.3, -0.25) is 19.6 Å². The Bertz CT molecular complexity index is 984. The number of anilines is 1. The number of carboxylic acids is 1. The van der Waals surface area contributed by atoms with Gasteiger partial charge in [-0.15, -0.1) is 0 Å². The van der Waals surface area contributed by atoms with Crippen molar-refractivity contribution < 1.29 is 9.90 Å². The van der Waals surface area contributed by atoms with Gasteiger partial charge < -0.3 is 10.4 Å². The molecule has 7 heteroatoms. The van der Waals surface area contributed by atoms with Crippen LogP contribution in [0.3, 0.4) is 0 Å². The van der Waals surface area contributed by atoms with Crippen LogP contribution in [0.4, 0.5) is 5.82 Å². The Morgan fingerprint density at radius 2 is 1.77 bits per heavy atom. The van der Waals surface area contributed by atoms with Gasteiger partial charge in [-0.1, -0.05) is 15.9 Å². The third-order valence-corrected chi connectivity index (χ3v) is 7.41. The lowest BCUT2D eigenvalue weighted by molar-refractivity contribution is -0.138. The topological polar surface area (TPSA) is 69.5 Å². The van der Waals surface area contributed by atoms with Crippen LogP contribution in [0, 0.1) is 33.6 Å². The number of halogens is 1. The molecule has 6 nitrogen and oxygen atoms in total. The molecule has 2 aliphatic heterocycles. The highest BCUT2D eigenvalue weighted by Gasteiger charge is 2.36. The molecule has 4 rings (SSSR count). The van der Waals surface area contributed by atoms with Crippen LogP contribution in [0.15, 0.2) is 16.6 Å². The molecule has 1 aromatic carbocycles. The van der Waals surface area contributed by atoms with Gasteiger partial charge in [0, 0.05) is 35.2 Å². The van der Waals surface area contributed by atoms with Crippen molar-refractivity contribution >= 4 is 27.7 Å². The first kappa shape index (κ1) is 22.4. The number of likely N-dealkylation sites (tertiary alicyclic amines) is 1. The van der Waals surface area contributed by atoms with E-state index in [1.807, 2.05) is 0 Å². The SMILES string of the molecule is Cc1cc(Br)cc(C)c1-n1c(C)c(C)c2c1NC(C)NC2N1CCC(CC(=O)O)CC1. The van der Waals surface area contributed by atoms with E-state index in [1.54, 1.807) is 0 Å². The van der Waals surface area contributed by atoms with Gasteiger partial charge in [0.25, 0.3) is 0 Å². The van der Waals surface area contributed by atoms with E-state index >= 15 is 0 Å². The van der Waals surface area contributed by atoms with Gasteiger partial charge in [0.2, 0.25) is 0 Å². The zero-order valence-corrected chi connectivity index (χ0v) is 20.6. The Kier molecular flexibility index (Phi) is 6.21. The number of rotatable bonds is 4. The van der Waals surface area contributed by atoms with E-state index in [4.69, 9.17) is 5.11 Å². The quantitative estimate of drug-likeness (QED) is 0.563. The third-order valence-electron chi connectivity index (χ3n) is 6.95. The van der Waals surface area contributed by atoms with Crippen LogP contribution >= 0.6 is 15.9 Å². The number of nitrogens with zero attached hydrogens (tertiary/aromatic N) is 2. The first-order valence-corrected chi connectivity index (χ1v) is 11.9. The number of nitrogens with one attached hydrogen (secondary N) is 2. The van der Waals surface area contributed by atoms with Gasteiger partial charge in [0.1, 0.15) is 5.82 Å². The fraction of sp³-hybridized carbons (Fsp3) is 0.542. The Labute approximate surface area is 193 Å². The van der Waals surface area contributed by atoms with Gasteiger partial charge in [0.05, 0.1) is 18.0 Å². The average molecular weight is 489 g/mol. The number of benzene rings is 1. The van der Waals surface area contributed by atoms with Crippen LogP contribution in [0.2, 0.25) is 0 Å². The summed E-state index contributed by atoms with van der Waals surface area (Å²) in [5.74, 6) is 0.776. The first-order valence-electron chi connectivity index (χ1n) is 11.1. The second kappa shape index (κ2) is 8.60. The van der Waals surface area contributed by atoms with Crippen LogP contribution in [0.25, 0.3) is 5.69 Å². The second-order valence-electron chi connectivity index (χ2n) is 9.21. The van der Waals surface area contributed by atoms with Crippen LogP contribution in [-0.4, -0.2) is 39.8 Å². The van der Waals surface area contributed by atoms with Crippen LogP contribution < -0.4 is 10.6 Å². The molecule has 2 aromatic rings. The smallest absolute Gasteiger partial charge is 0.303 e. The van der Waals surface area contributed by atoms with Crippen molar-refractivity contribution in [1.82, 2.24) is 14.8 Å². The minimum absolute atomic E-state index is 0.132. The van der Waals surface area contributed by atoms with Crippen molar-refractivity contribution in [3.05, 3.63) is 44.6 Å². The molecule has 2 aliphatic rings. The Morgan fingerprint density at radius 3 is 2.35 bits per heavy atom. The summed E-state index contributed by atoms with van der Waals surface area (Å²) in [6, 6.07) is 4.36. The monoisotopic (exact) mass is 488 g/mol. The molecule has 3 N–H and O–H groups in total. The lowest BCUT2D eigenvalue weighted by Crippen LogP contribution is -2.51. The molecule has 0 radical (unpaired) electrons. The summed E-state index contributed by atoms with van der Waals surface area (Å²) in [6.07, 6.45) is 2.42. The predicted molar refractivity (Wildman–Crippen MR) is 128 cm³/mol. The van der Waals surface area contributed by atoms with Gasteiger partial charge in [0.15, 0.2) is 0 Å². The Morgan fingerprint density at radius 1 is 1.16 bits per heavy atom. The van der Waals surface area contributed by atoms with E-state index in [1.165, 1.54) is 39.5 Å². The molecule has 1 aromatic heterocycles. The number of hydrogen-bond donors (Lipinski definition) is 3. The van der Waals surface area contributed by atoms with Gasteiger partial charge >= 0.3 is 5.97 Å². The Hall–Kier alpha value is -1.83. The number of fused-ring (bicyclic) bond motifs is 1. The fourth-order valence-corrected chi connectivity index (χ4v) is 6.04. The maximum Gasteiger partial charge on any atom is 0.303 e. The number of carbonyl (C=O) groups is 1. The van der Waals surface area contributed by atoms with Crippen molar-refractivity contribution in [1.29, 1.82) is 0 Å². The van der Waals surface area contributed by atoms with Gasteiger partial charge in [-0.2, -0.15) is 0 Å². The summed E-state index contributed by atoms with van der Waals surface area (Å²) in [4.78, 5) is 13.6. The van der Waals surface area contributed by atoms with Crippen LogP contribution in [0.5, 0.6) is 0 Å². The summed E-state index contributed by atoms with van der Waals surface area (Å²) in [6.45, 7) is 12.8. The number of hydrogen-bond acceptors (Lipinski definition) is 4. The summed E-state index contributed by atoms with van der Waals surface area (Å²) >= 11 is 3.63. The maximum absolute atomic E-state index is 11.1. The number of aliphatic carboxylic acids is 1. The molecule has 0 spiro atoms. The standard InChI is InChI=1S/C24H33BrN4O2/c1-13-10-19(25)11-14(2)22(13)29-16(4)15(3)21-23(26-17(5)27-24(21)29)28-8-6-18(7-9-28)12-20(30)31/h10-11,17-18,23,26-27H,6-9,12H2,1-5H3,(H,30,31). The second-order valence-corrected chi connectivity index (χ2v) is 10.1. The molecule has 0 aliphatic carbocycles. The number of piperidine rings is 1. The first-order chi connectivity index (χ1) is 14.7. The highest BCUT2D eigenvalue weighted by Crippen LogP contribution is 2.41. The summed E-state index contributed by atoms with van der Waals surface area (Å²) in [7, 11) is 0. The molecule has 2 atom stereocenters. The van der Waals surface area contributed by atoms with Gasteiger partial charge in [-0.25, -0.2) is 0 Å². The fourth-order valence-electron chi connectivity index (χ4n) is 5.36. The average Bonchev–Trinajstić information content (AvgIpc) is 2.92. The van der Waals surface area contributed by atoms with E-state index in [2.05, 4.69) is 82.8 Å². The molecule has 3 heterocycles. The van der Waals surface area contributed by atoms with Crippen LogP contribution in [-0.2, 0) is 4.79 Å². The van der Waals surface area contributed by atoms with Crippen molar-refractivity contribution in [2.45, 2.75) is 66.2 Å². The number of aromatic nitrogens is 1. The van der Waals surface area contributed by atoms with E-state index in [-0.39, 0.29) is 24.7 Å². The van der Waals surface area contributed by atoms with E-state index < -0.39 is 5.97 Å². The maximum atomic E-state index is 11.1. The molecule has 0 amide bonds. The Balaban J connectivity index is 1.73. The van der Waals surface area contributed by atoms with Gasteiger partial charge in [-0.05, 0) is 82.2 Å². The van der Waals surface area contributed by atoms with E-state index in [0.29, 0.717) is 0 Å². The minimum Gasteiger partial charge on any atom is -0.481 e. The molecular weight excluding hydrogens is 456 g/mol. The summed E-state index contributed by atoms with van der Waals surface area (Å²) in [5.41, 5.74) is 7.60. The number of carboxylic acid groups (broad SMARTS) is 1. The molecule has 168 valence electrons. The largest absolute Gasteiger partial charge is 0.481 e. The summed E-state index contributed by atoms with van der Waals surface area (Å²) in [5, 5.41) is 16.6. The lowest BCUT2D eigenvalue weighted by atomic mass is 9.92. The van der Waals surface area contributed by atoms with Crippen molar-refractivity contribution in [3.8, 4) is 5.69 Å². The van der Waals surface area contributed by atoms with Crippen molar-refractivity contribution in [2.75, 3.05) is 18.4 Å². The van der Waals surface area contributed by atoms with E-state index in [0.717, 1.165) is 30.4 Å². The molecule has 1 fully saturated rings. The molecule has 31 heavy (non-hydrogen) atoms. The molecule has 0 bridgehead atoms. The molecule has 0 saturated carbocycles. The molecular formula is C24H33BrN4O2. The highest BCUT2D eigenvalue weighted by atomic mass is 79.9. The van der Waals surface area contributed by atoms with E-state index in [9.17, 15) is 4.79 Å². The number of aryl methyl sites for hydroxylation is 2. The zero-order chi connectivity index (χ0) is 22.4. The van der Waals surface area contributed by atoms with Crippen molar-refractivity contribution in [2.24, 2.45) is 5.92 Å². The molecule has 2 unspecified atom stereocenters. The normalized spacial score (nSPS) is 22.3. The third kappa shape index (κ3) is 4.15. The molecule has 1 saturated heterocycles. The minimum atomic E-state index is -0.682. The lowest BCUT2D eigenvalue weighted by Gasteiger charge is -2.42. The van der Waals surface area contributed by atoms with Crippen LogP contribution in [0.1, 0.15) is 60.3 Å². The summed E-state index contributed by atoms with van der Waals surface area (Å²) < 4.78 is 3.50. The zero-order valence-electron chi connectivity index (χ0n) is 19.1. The highest BCUT2D eigenvalue weighted by molar-refractivity contribution is 9.10.